The normalized spacial score (nSPS) is 12.3. The number of hydrogen-bond acceptors (Lipinski definition) is 4. The first-order chi connectivity index (χ1) is 12.5. The van der Waals surface area contributed by atoms with Gasteiger partial charge in [0.1, 0.15) is 22.2 Å². The van der Waals surface area contributed by atoms with Gasteiger partial charge in [-0.1, -0.05) is 32.0 Å². The Morgan fingerprint density at radius 1 is 1.29 bits per heavy atom. The van der Waals surface area contributed by atoms with Crippen LogP contribution in [0.15, 0.2) is 29.3 Å². The van der Waals surface area contributed by atoms with E-state index in [9.17, 15) is 8.42 Å². The van der Waals surface area contributed by atoms with Gasteiger partial charge in [0.15, 0.2) is 5.96 Å². The molecule has 0 fully saturated rings. The number of hydrogen-bond donors (Lipinski definition) is 1. The van der Waals surface area contributed by atoms with E-state index in [0.717, 1.165) is 23.8 Å². The third kappa shape index (κ3) is 11.1. The Morgan fingerprint density at radius 2 is 1.93 bits per heavy atom. The molecule has 0 aromatic heterocycles. The second kappa shape index (κ2) is 12.5. The maximum absolute atomic E-state index is 11.4. The summed E-state index contributed by atoms with van der Waals surface area (Å²) >= 11 is 0. The van der Waals surface area contributed by atoms with E-state index in [1.54, 1.807) is 0 Å². The first-order valence-corrected chi connectivity index (χ1v) is 11.5. The summed E-state index contributed by atoms with van der Waals surface area (Å²) < 4.78 is 28.7. The molecule has 0 heterocycles. The minimum atomic E-state index is -2.96. The number of nitrogens with one attached hydrogen (secondary N) is 1. The van der Waals surface area contributed by atoms with E-state index in [1.165, 1.54) is 6.26 Å². The number of benzene rings is 1. The van der Waals surface area contributed by atoms with E-state index in [0.29, 0.717) is 26.1 Å². The Kier molecular flexibility index (Phi) is 12.1. The van der Waals surface area contributed by atoms with Crippen molar-refractivity contribution < 1.29 is 13.2 Å². The van der Waals surface area contributed by atoms with Gasteiger partial charge in [-0.15, -0.1) is 24.0 Å². The SMILES string of the molecule is CCNC(=NCC(C)(C)CCS(C)(=O)=O)N(C)CCOc1ccccc1C.I. The van der Waals surface area contributed by atoms with Crippen molar-refractivity contribution in [1.82, 2.24) is 10.2 Å². The molecule has 1 aromatic rings. The Balaban J connectivity index is 0.00000729. The van der Waals surface area contributed by atoms with Crippen molar-refractivity contribution in [3.05, 3.63) is 29.8 Å². The van der Waals surface area contributed by atoms with Crippen LogP contribution in [-0.4, -0.2) is 64.6 Å². The number of nitrogens with zero attached hydrogens (tertiary/aromatic N) is 2. The van der Waals surface area contributed by atoms with Crippen LogP contribution in [0.4, 0.5) is 0 Å². The van der Waals surface area contributed by atoms with Crippen LogP contribution in [0.5, 0.6) is 5.75 Å². The zero-order valence-corrected chi connectivity index (χ0v) is 21.1. The molecule has 28 heavy (non-hydrogen) atoms. The molecule has 1 rings (SSSR count). The van der Waals surface area contributed by atoms with E-state index >= 15 is 0 Å². The molecule has 6 nitrogen and oxygen atoms in total. The Labute approximate surface area is 188 Å². The lowest BCUT2D eigenvalue weighted by molar-refractivity contribution is 0.279. The summed E-state index contributed by atoms with van der Waals surface area (Å²) in [7, 11) is -0.977. The Hall–Kier alpha value is -1.03. The van der Waals surface area contributed by atoms with Gasteiger partial charge in [-0.2, -0.15) is 0 Å². The summed E-state index contributed by atoms with van der Waals surface area (Å²) in [6, 6.07) is 7.97. The molecule has 0 amide bonds. The fraction of sp³-hybridized carbons (Fsp3) is 0.650. The third-order valence-corrected chi connectivity index (χ3v) is 5.23. The first kappa shape index (κ1) is 27.0. The molecule has 0 bridgehead atoms. The van der Waals surface area contributed by atoms with Crippen LogP contribution in [0.2, 0.25) is 0 Å². The van der Waals surface area contributed by atoms with Gasteiger partial charge in [0, 0.05) is 26.4 Å². The number of ether oxygens (including phenoxy) is 1. The Bertz CT molecular complexity index is 721. The molecule has 0 aliphatic heterocycles. The smallest absolute Gasteiger partial charge is 0.193 e. The van der Waals surface area contributed by atoms with Crippen LogP contribution in [0.1, 0.15) is 32.8 Å². The number of likely N-dealkylation sites (N-methyl/N-ethyl adjacent to an activating group) is 1. The zero-order chi connectivity index (χ0) is 20.5. The van der Waals surface area contributed by atoms with Crippen LogP contribution < -0.4 is 10.1 Å². The highest BCUT2D eigenvalue weighted by Gasteiger charge is 2.20. The minimum absolute atomic E-state index is 0. The van der Waals surface area contributed by atoms with Crippen molar-refractivity contribution >= 4 is 39.8 Å². The van der Waals surface area contributed by atoms with Gasteiger partial charge in [-0.3, -0.25) is 4.99 Å². The predicted molar refractivity (Wildman–Crippen MR) is 129 cm³/mol. The van der Waals surface area contributed by atoms with Crippen molar-refractivity contribution in [2.75, 3.05) is 45.3 Å². The summed E-state index contributed by atoms with van der Waals surface area (Å²) in [6.07, 6.45) is 1.87. The number of para-hydroxylation sites is 1. The van der Waals surface area contributed by atoms with Crippen LogP contribution in [0.25, 0.3) is 0 Å². The highest BCUT2D eigenvalue weighted by molar-refractivity contribution is 14.0. The van der Waals surface area contributed by atoms with E-state index in [4.69, 9.17) is 9.73 Å². The lowest BCUT2D eigenvalue weighted by Crippen LogP contribution is -2.41. The lowest BCUT2D eigenvalue weighted by Gasteiger charge is -2.26. The van der Waals surface area contributed by atoms with Gasteiger partial charge < -0.3 is 15.0 Å². The van der Waals surface area contributed by atoms with E-state index in [1.807, 2.05) is 63.9 Å². The van der Waals surface area contributed by atoms with E-state index in [2.05, 4.69) is 5.32 Å². The number of aliphatic imine (C=N–C) groups is 1. The third-order valence-electron chi connectivity index (χ3n) is 4.28. The second-order valence-electron chi connectivity index (χ2n) is 7.75. The summed E-state index contributed by atoms with van der Waals surface area (Å²) in [5.74, 6) is 1.89. The maximum atomic E-state index is 11.4. The average Bonchev–Trinajstić information content (AvgIpc) is 2.58. The highest BCUT2D eigenvalue weighted by atomic mass is 127. The zero-order valence-electron chi connectivity index (χ0n) is 18.0. The van der Waals surface area contributed by atoms with E-state index in [-0.39, 0.29) is 35.1 Å². The molecule has 0 aliphatic carbocycles. The molecule has 1 N–H and O–H groups in total. The van der Waals surface area contributed by atoms with Crippen molar-refractivity contribution in [3.63, 3.8) is 0 Å². The molecule has 0 unspecified atom stereocenters. The standard InChI is InChI=1S/C20H35N3O3S.HI/c1-7-21-19(22-16-20(3,4)12-15-27(6,24)25)23(5)13-14-26-18-11-9-8-10-17(18)2;/h8-11H,7,12-16H2,1-6H3,(H,21,22);1H. The van der Waals surface area contributed by atoms with Gasteiger partial charge >= 0.3 is 0 Å². The molecule has 0 atom stereocenters. The van der Waals surface area contributed by atoms with Gasteiger partial charge in [-0.05, 0) is 37.3 Å². The van der Waals surface area contributed by atoms with Gasteiger partial charge in [0.25, 0.3) is 0 Å². The molecule has 0 spiro atoms. The topological polar surface area (TPSA) is 71.0 Å². The monoisotopic (exact) mass is 525 g/mol. The molecular weight excluding hydrogens is 489 g/mol. The molecule has 8 heteroatoms. The summed E-state index contributed by atoms with van der Waals surface area (Å²) in [6.45, 7) is 10.7. The number of sulfone groups is 1. The van der Waals surface area contributed by atoms with Crippen LogP contribution >= 0.6 is 24.0 Å². The number of halogens is 1. The fourth-order valence-corrected chi connectivity index (χ4v) is 3.34. The van der Waals surface area contributed by atoms with Crippen molar-refractivity contribution in [1.29, 1.82) is 0 Å². The molecule has 0 saturated carbocycles. The number of aryl methyl sites for hydroxylation is 1. The maximum Gasteiger partial charge on any atom is 0.193 e. The molecule has 0 radical (unpaired) electrons. The number of rotatable bonds is 10. The molecular formula is C20H36IN3O3S. The lowest BCUT2D eigenvalue weighted by atomic mass is 9.90. The molecule has 1 aromatic carbocycles. The van der Waals surface area contributed by atoms with E-state index < -0.39 is 9.84 Å². The largest absolute Gasteiger partial charge is 0.491 e. The molecule has 0 aliphatic rings. The van der Waals surface area contributed by atoms with Gasteiger partial charge in [0.2, 0.25) is 0 Å². The van der Waals surface area contributed by atoms with Crippen molar-refractivity contribution in [3.8, 4) is 5.75 Å². The summed E-state index contributed by atoms with van der Waals surface area (Å²) in [5, 5.41) is 3.29. The molecule has 0 saturated heterocycles. The van der Waals surface area contributed by atoms with Crippen LogP contribution in [0.3, 0.4) is 0 Å². The van der Waals surface area contributed by atoms with Gasteiger partial charge in [-0.25, -0.2) is 8.42 Å². The second-order valence-corrected chi connectivity index (χ2v) is 10.0. The fourth-order valence-electron chi connectivity index (χ4n) is 2.42. The average molecular weight is 525 g/mol. The highest BCUT2D eigenvalue weighted by Crippen LogP contribution is 2.21. The number of guanidine groups is 1. The van der Waals surface area contributed by atoms with Gasteiger partial charge in [0.05, 0.1) is 12.3 Å². The van der Waals surface area contributed by atoms with Crippen molar-refractivity contribution in [2.45, 2.75) is 34.1 Å². The van der Waals surface area contributed by atoms with Crippen LogP contribution in [-0.2, 0) is 9.84 Å². The van der Waals surface area contributed by atoms with Crippen LogP contribution in [0, 0.1) is 12.3 Å². The quantitative estimate of drug-likeness (QED) is 0.288. The molecule has 162 valence electrons. The summed E-state index contributed by atoms with van der Waals surface area (Å²) in [4.78, 5) is 6.75. The Morgan fingerprint density at radius 3 is 2.50 bits per heavy atom. The predicted octanol–water partition coefficient (Wildman–Crippen LogP) is 3.35. The van der Waals surface area contributed by atoms with Crippen molar-refractivity contribution in [2.24, 2.45) is 10.4 Å². The first-order valence-electron chi connectivity index (χ1n) is 9.40. The summed E-state index contributed by atoms with van der Waals surface area (Å²) in [5.41, 5.74) is 0.941. The minimum Gasteiger partial charge on any atom is -0.491 e.